The van der Waals surface area contributed by atoms with Crippen molar-refractivity contribution in [1.29, 1.82) is 0 Å². The number of unbranched alkanes of at least 4 members (excludes halogenated alkanes) is 1. The topological polar surface area (TPSA) is 46.5 Å². The molecule has 0 aromatic rings. The largest absolute Gasteiger partial charge is 0.479 e. The molecule has 0 aliphatic rings. The molecule has 0 saturated carbocycles. The van der Waals surface area contributed by atoms with Gasteiger partial charge in [-0.1, -0.05) is 13.3 Å². The fraction of sp³-hybridized carbons (Fsp3) is 0.889. The minimum Gasteiger partial charge on any atom is -0.479 e. The van der Waals surface area contributed by atoms with Gasteiger partial charge in [0.15, 0.2) is 6.10 Å². The summed E-state index contributed by atoms with van der Waals surface area (Å²) in [6.45, 7) is 2.61. The van der Waals surface area contributed by atoms with Crippen LogP contribution in [0.25, 0.3) is 0 Å². The van der Waals surface area contributed by atoms with Gasteiger partial charge < -0.3 is 9.84 Å². The van der Waals surface area contributed by atoms with Crippen LogP contribution in [0.1, 0.15) is 26.2 Å². The van der Waals surface area contributed by atoms with Crippen LogP contribution in [-0.4, -0.2) is 35.8 Å². The maximum atomic E-state index is 10.7. The van der Waals surface area contributed by atoms with Crippen molar-refractivity contribution in [2.45, 2.75) is 32.3 Å². The normalized spacial score (nSPS) is 12.8. The van der Waals surface area contributed by atoms with Gasteiger partial charge in [0.25, 0.3) is 0 Å². The van der Waals surface area contributed by atoms with Gasteiger partial charge in [0, 0.05) is 6.61 Å². The summed E-state index contributed by atoms with van der Waals surface area (Å²) in [6, 6.07) is 0. The van der Waals surface area contributed by atoms with Crippen molar-refractivity contribution >= 4 is 17.7 Å². The quantitative estimate of drug-likeness (QED) is 0.617. The molecule has 0 heterocycles. The first-order valence-corrected chi connectivity index (χ1v) is 5.95. The van der Waals surface area contributed by atoms with Gasteiger partial charge in [-0.05, 0) is 24.9 Å². The third-order valence-corrected chi connectivity index (χ3v) is 2.32. The van der Waals surface area contributed by atoms with Crippen molar-refractivity contribution in [3.05, 3.63) is 0 Å². The molecule has 0 spiro atoms. The second-order valence-electron chi connectivity index (χ2n) is 2.83. The SMILES string of the molecule is CCCCOC(CCSC)C(=O)O. The van der Waals surface area contributed by atoms with Gasteiger partial charge in [-0.2, -0.15) is 11.8 Å². The molecule has 78 valence electrons. The number of ether oxygens (including phenoxy) is 1. The third-order valence-electron chi connectivity index (χ3n) is 1.68. The van der Waals surface area contributed by atoms with E-state index < -0.39 is 12.1 Å². The Hall–Kier alpha value is -0.220. The number of rotatable bonds is 8. The standard InChI is InChI=1S/C9H18O3S/c1-3-4-6-12-8(9(10)11)5-7-13-2/h8H,3-7H2,1-2H3,(H,10,11). The molecule has 0 rings (SSSR count). The summed E-state index contributed by atoms with van der Waals surface area (Å²) in [7, 11) is 0. The van der Waals surface area contributed by atoms with E-state index in [1.54, 1.807) is 11.8 Å². The summed E-state index contributed by atoms with van der Waals surface area (Å²) in [5.41, 5.74) is 0. The zero-order valence-electron chi connectivity index (χ0n) is 8.28. The summed E-state index contributed by atoms with van der Waals surface area (Å²) in [5.74, 6) is -0.00605. The van der Waals surface area contributed by atoms with E-state index in [1.165, 1.54) is 0 Å². The van der Waals surface area contributed by atoms with Crippen molar-refractivity contribution in [3.8, 4) is 0 Å². The lowest BCUT2D eigenvalue weighted by Gasteiger charge is -2.12. The van der Waals surface area contributed by atoms with Gasteiger partial charge in [-0.3, -0.25) is 0 Å². The van der Waals surface area contributed by atoms with Crippen LogP contribution >= 0.6 is 11.8 Å². The second-order valence-corrected chi connectivity index (χ2v) is 3.82. The highest BCUT2D eigenvalue weighted by Gasteiger charge is 2.16. The fourth-order valence-electron chi connectivity index (χ4n) is 0.873. The first kappa shape index (κ1) is 12.8. The van der Waals surface area contributed by atoms with Crippen LogP contribution in [0.5, 0.6) is 0 Å². The van der Waals surface area contributed by atoms with Crippen molar-refractivity contribution in [1.82, 2.24) is 0 Å². The molecule has 0 aromatic heterocycles. The molecule has 0 saturated heterocycles. The molecule has 0 fully saturated rings. The number of hydrogen-bond donors (Lipinski definition) is 1. The van der Waals surface area contributed by atoms with Gasteiger partial charge >= 0.3 is 5.97 Å². The smallest absolute Gasteiger partial charge is 0.332 e. The van der Waals surface area contributed by atoms with Gasteiger partial charge in [0.1, 0.15) is 0 Å². The van der Waals surface area contributed by atoms with Crippen LogP contribution in [0.15, 0.2) is 0 Å². The molecule has 13 heavy (non-hydrogen) atoms. The average Bonchev–Trinajstić information content (AvgIpc) is 2.10. The van der Waals surface area contributed by atoms with E-state index in [0.29, 0.717) is 13.0 Å². The highest BCUT2D eigenvalue weighted by Crippen LogP contribution is 2.05. The minimum atomic E-state index is -0.842. The number of hydrogen-bond acceptors (Lipinski definition) is 3. The van der Waals surface area contributed by atoms with Crippen molar-refractivity contribution in [2.75, 3.05) is 18.6 Å². The Morgan fingerprint density at radius 2 is 2.31 bits per heavy atom. The number of carbonyl (C=O) groups is 1. The molecule has 0 aliphatic heterocycles. The summed E-state index contributed by atoms with van der Waals surface area (Å²) in [6.07, 6.45) is 3.92. The molecule has 0 amide bonds. The van der Waals surface area contributed by atoms with E-state index >= 15 is 0 Å². The zero-order chi connectivity index (χ0) is 10.1. The van der Waals surface area contributed by atoms with Crippen LogP contribution < -0.4 is 0 Å². The van der Waals surface area contributed by atoms with Gasteiger partial charge in [-0.15, -0.1) is 0 Å². The monoisotopic (exact) mass is 206 g/mol. The number of thioether (sulfide) groups is 1. The Morgan fingerprint density at radius 1 is 1.62 bits per heavy atom. The Morgan fingerprint density at radius 3 is 2.77 bits per heavy atom. The maximum Gasteiger partial charge on any atom is 0.332 e. The highest BCUT2D eigenvalue weighted by atomic mass is 32.2. The molecule has 0 radical (unpaired) electrons. The number of carboxylic acid groups (broad SMARTS) is 1. The molecular formula is C9H18O3S. The Balaban J connectivity index is 3.61. The minimum absolute atomic E-state index is 0.557. The Kier molecular flexibility index (Phi) is 8.24. The number of carboxylic acids is 1. The molecule has 1 unspecified atom stereocenters. The summed E-state index contributed by atoms with van der Waals surface area (Å²) in [4.78, 5) is 10.7. The Bertz CT molecular complexity index is 139. The van der Waals surface area contributed by atoms with E-state index in [4.69, 9.17) is 9.84 Å². The van der Waals surface area contributed by atoms with Gasteiger partial charge in [-0.25, -0.2) is 4.79 Å². The first-order valence-electron chi connectivity index (χ1n) is 4.55. The molecule has 3 nitrogen and oxygen atoms in total. The average molecular weight is 206 g/mol. The van der Waals surface area contributed by atoms with E-state index in [0.717, 1.165) is 18.6 Å². The van der Waals surface area contributed by atoms with Crippen LogP contribution in [-0.2, 0) is 9.53 Å². The number of aliphatic carboxylic acids is 1. The Labute approximate surface area is 83.9 Å². The molecule has 0 bridgehead atoms. The molecule has 1 N–H and O–H groups in total. The summed E-state index contributed by atoms with van der Waals surface area (Å²) < 4.78 is 5.23. The lowest BCUT2D eigenvalue weighted by atomic mass is 10.3. The predicted molar refractivity (Wildman–Crippen MR) is 55.3 cm³/mol. The fourth-order valence-corrected chi connectivity index (χ4v) is 1.32. The van der Waals surface area contributed by atoms with E-state index in [2.05, 4.69) is 6.92 Å². The molecule has 4 heteroatoms. The molecular weight excluding hydrogens is 188 g/mol. The van der Waals surface area contributed by atoms with Crippen molar-refractivity contribution < 1.29 is 14.6 Å². The van der Waals surface area contributed by atoms with Crippen molar-refractivity contribution in [3.63, 3.8) is 0 Å². The highest BCUT2D eigenvalue weighted by molar-refractivity contribution is 7.98. The van der Waals surface area contributed by atoms with Gasteiger partial charge in [0.2, 0.25) is 0 Å². The van der Waals surface area contributed by atoms with Crippen molar-refractivity contribution in [2.24, 2.45) is 0 Å². The van der Waals surface area contributed by atoms with Gasteiger partial charge in [0.05, 0.1) is 0 Å². The summed E-state index contributed by atoms with van der Waals surface area (Å²) >= 11 is 1.64. The summed E-state index contributed by atoms with van der Waals surface area (Å²) in [5, 5.41) is 8.76. The zero-order valence-corrected chi connectivity index (χ0v) is 9.10. The predicted octanol–water partition coefficient (Wildman–Crippen LogP) is 2.01. The molecule has 1 atom stereocenters. The lowest BCUT2D eigenvalue weighted by molar-refractivity contribution is -0.150. The molecule has 0 aromatic carbocycles. The lowest BCUT2D eigenvalue weighted by Crippen LogP contribution is -2.25. The first-order chi connectivity index (χ1) is 6.22. The van der Waals surface area contributed by atoms with Crippen LogP contribution in [0.3, 0.4) is 0 Å². The van der Waals surface area contributed by atoms with Crippen LogP contribution in [0.2, 0.25) is 0 Å². The van der Waals surface area contributed by atoms with E-state index in [1.807, 2.05) is 6.26 Å². The van der Waals surface area contributed by atoms with E-state index in [9.17, 15) is 4.79 Å². The second kappa shape index (κ2) is 8.38. The van der Waals surface area contributed by atoms with E-state index in [-0.39, 0.29) is 0 Å². The van der Waals surface area contributed by atoms with Crippen LogP contribution in [0.4, 0.5) is 0 Å². The maximum absolute atomic E-state index is 10.7. The molecule has 0 aliphatic carbocycles. The van der Waals surface area contributed by atoms with Crippen LogP contribution in [0, 0.1) is 0 Å². The third kappa shape index (κ3) is 6.90.